The fourth-order valence-electron chi connectivity index (χ4n) is 4.00. The minimum atomic E-state index is -0.0154. The number of carbonyl (C=O) groups excluding carboxylic acids is 2. The van der Waals surface area contributed by atoms with E-state index in [9.17, 15) is 9.59 Å². The van der Waals surface area contributed by atoms with Gasteiger partial charge in [-0.3, -0.25) is 9.59 Å². The summed E-state index contributed by atoms with van der Waals surface area (Å²) in [5.41, 5.74) is 3.60. The van der Waals surface area contributed by atoms with Gasteiger partial charge < -0.3 is 15.0 Å². The van der Waals surface area contributed by atoms with Gasteiger partial charge in [-0.25, -0.2) is 0 Å². The number of nitrogens with one attached hydrogen (secondary N) is 1. The van der Waals surface area contributed by atoms with Crippen LogP contribution in [0.5, 0.6) is 0 Å². The van der Waals surface area contributed by atoms with Crippen LogP contribution in [0.3, 0.4) is 0 Å². The van der Waals surface area contributed by atoms with Crippen LogP contribution in [0.4, 0.5) is 0 Å². The van der Waals surface area contributed by atoms with Crippen LogP contribution < -0.4 is 5.32 Å². The molecule has 2 aliphatic rings. The van der Waals surface area contributed by atoms with Gasteiger partial charge in [-0.2, -0.15) is 0 Å². The van der Waals surface area contributed by atoms with Gasteiger partial charge >= 0.3 is 0 Å². The highest BCUT2D eigenvalue weighted by atomic mass is 32.1. The second-order valence-corrected chi connectivity index (χ2v) is 8.93. The van der Waals surface area contributed by atoms with Crippen LogP contribution in [0.1, 0.15) is 44.6 Å². The summed E-state index contributed by atoms with van der Waals surface area (Å²) in [7, 11) is 0. The third kappa shape index (κ3) is 4.70. The van der Waals surface area contributed by atoms with Crippen molar-refractivity contribution < 1.29 is 14.3 Å². The number of carbonyl (C=O) groups is 2. The zero-order valence-electron chi connectivity index (χ0n) is 16.9. The van der Waals surface area contributed by atoms with Gasteiger partial charge in [-0.05, 0) is 48.4 Å². The summed E-state index contributed by atoms with van der Waals surface area (Å²) in [6.45, 7) is 5.24. The first-order valence-electron chi connectivity index (χ1n) is 10.5. The first kappa shape index (κ1) is 20.1. The van der Waals surface area contributed by atoms with Crippen molar-refractivity contribution in [3.63, 3.8) is 0 Å². The van der Waals surface area contributed by atoms with Gasteiger partial charge in [0, 0.05) is 30.4 Å². The van der Waals surface area contributed by atoms with E-state index in [0.29, 0.717) is 32.8 Å². The summed E-state index contributed by atoms with van der Waals surface area (Å²) in [4.78, 5) is 29.4. The third-order valence-electron chi connectivity index (χ3n) is 5.86. The lowest BCUT2D eigenvalue weighted by atomic mass is 9.87. The maximum atomic E-state index is 12.7. The fraction of sp³-hybridized carbons (Fsp3) is 0.478. The van der Waals surface area contributed by atoms with Crippen LogP contribution >= 0.6 is 11.3 Å². The average Bonchev–Trinajstić information content (AvgIpc) is 3.21. The van der Waals surface area contributed by atoms with Crippen LogP contribution in [-0.4, -0.2) is 43.0 Å². The lowest BCUT2D eigenvalue weighted by Crippen LogP contribution is -2.40. The van der Waals surface area contributed by atoms with Crippen molar-refractivity contribution in [3.05, 3.63) is 56.8 Å². The number of hydrogen-bond acceptors (Lipinski definition) is 4. The number of thiophene rings is 1. The predicted octanol–water partition coefficient (Wildman–Crippen LogP) is 3.20. The fourth-order valence-corrected chi connectivity index (χ4v) is 5.18. The minimum absolute atomic E-state index is 0.0154. The molecule has 1 saturated heterocycles. The first-order chi connectivity index (χ1) is 14.1. The molecule has 2 amide bonds. The maximum absolute atomic E-state index is 12.7. The molecule has 1 atom stereocenters. The van der Waals surface area contributed by atoms with Crippen molar-refractivity contribution in [2.45, 2.75) is 39.2 Å². The lowest BCUT2D eigenvalue weighted by molar-refractivity contribution is -0.125. The number of hydrogen-bond donors (Lipinski definition) is 1. The van der Waals surface area contributed by atoms with Crippen molar-refractivity contribution in [3.8, 4) is 0 Å². The van der Waals surface area contributed by atoms with Gasteiger partial charge in [0.05, 0.1) is 18.1 Å². The average molecular weight is 413 g/mol. The number of nitrogens with zero attached hydrogens (tertiary/aromatic N) is 1. The van der Waals surface area contributed by atoms with E-state index in [1.54, 1.807) is 11.3 Å². The largest absolute Gasteiger partial charge is 0.378 e. The highest BCUT2D eigenvalue weighted by molar-refractivity contribution is 7.14. The van der Waals surface area contributed by atoms with E-state index in [1.165, 1.54) is 16.0 Å². The predicted molar refractivity (Wildman–Crippen MR) is 114 cm³/mol. The Bertz CT molecular complexity index is 869. The molecule has 1 aliphatic heterocycles. The molecule has 2 aromatic rings. The Labute approximate surface area is 176 Å². The van der Waals surface area contributed by atoms with Crippen LogP contribution in [0.2, 0.25) is 0 Å². The van der Waals surface area contributed by atoms with Crippen molar-refractivity contribution in [1.29, 1.82) is 0 Å². The lowest BCUT2D eigenvalue weighted by Gasteiger charge is -2.26. The van der Waals surface area contributed by atoms with Gasteiger partial charge in [-0.15, -0.1) is 11.3 Å². The number of amides is 2. The molecule has 1 aliphatic carbocycles. The van der Waals surface area contributed by atoms with E-state index in [0.717, 1.165) is 36.1 Å². The number of rotatable bonds is 5. The Hall–Kier alpha value is -2.18. The molecule has 1 fully saturated rings. The van der Waals surface area contributed by atoms with Gasteiger partial charge in [0.2, 0.25) is 5.91 Å². The van der Waals surface area contributed by atoms with Crippen molar-refractivity contribution in [2.75, 3.05) is 26.3 Å². The summed E-state index contributed by atoms with van der Waals surface area (Å²) < 4.78 is 5.34. The second-order valence-electron chi connectivity index (χ2n) is 7.79. The Balaban J connectivity index is 1.34. The Morgan fingerprint density at radius 2 is 1.90 bits per heavy atom. The van der Waals surface area contributed by atoms with Crippen LogP contribution in [0.15, 0.2) is 30.3 Å². The molecule has 4 rings (SSSR count). The molecule has 0 bridgehead atoms. The molecular weight excluding hydrogens is 384 g/mol. The molecule has 0 spiro atoms. The Morgan fingerprint density at radius 3 is 2.62 bits per heavy atom. The molecule has 29 heavy (non-hydrogen) atoms. The molecule has 0 radical (unpaired) electrons. The van der Waals surface area contributed by atoms with Crippen molar-refractivity contribution >= 4 is 23.2 Å². The number of aryl methyl sites for hydroxylation is 2. The van der Waals surface area contributed by atoms with Gasteiger partial charge in [0.1, 0.15) is 0 Å². The molecule has 5 nitrogen and oxygen atoms in total. The van der Waals surface area contributed by atoms with Gasteiger partial charge in [-0.1, -0.05) is 31.2 Å². The SMILES string of the molecule is CCc1ccc(CNC(=O)[C@H]2CCc3sc(C(=O)N4CCOCC4)cc3C2)cc1. The highest BCUT2D eigenvalue weighted by Gasteiger charge is 2.28. The summed E-state index contributed by atoms with van der Waals surface area (Å²) in [6.07, 6.45) is 3.47. The quantitative estimate of drug-likeness (QED) is 0.820. The van der Waals surface area contributed by atoms with Crippen LogP contribution in [0.25, 0.3) is 0 Å². The maximum Gasteiger partial charge on any atom is 0.264 e. The molecule has 154 valence electrons. The Morgan fingerprint density at radius 1 is 1.17 bits per heavy atom. The standard InChI is InChI=1S/C23H28N2O3S/c1-2-16-3-5-17(6-4-16)15-24-22(26)18-7-8-20-19(13-18)14-21(29-20)23(27)25-9-11-28-12-10-25/h3-6,14,18H,2,7-13,15H2,1H3,(H,24,26)/t18-/m0/s1. The number of fused-ring (bicyclic) bond motifs is 1. The van der Waals surface area contributed by atoms with Crippen LogP contribution in [0, 0.1) is 5.92 Å². The van der Waals surface area contributed by atoms with Crippen LogP contribution in [-0.2, 0) is 35.3 Å². The molecule has 1 aromatic heterocycles. The summed E-state index contributed by atoms with van der Waals surface area (Å²) >= 11 is 1.60. The molecule has 0 saturated carbocycles. The Kier molecular flexibility index (Phi) is 6.31. The number of morpholine rings is 1. The molecule has 0 unspecified atom stereocenters. The van der Waals surface area contributed by atoms with Crippen molar-refractivity contribution in [2.24, 2.45) is 5.92 Å². The second kappa shape index (κ2) is 9.09. The van der Waals surface area contributed by atoms with E-state index < -0.39 is 0 Å². The summed E-state index contributed by atoms with van der Waals surface area (Å²) in [5, 5.41) is 3.09. The first-order valence-corrected chi connectivity index (χ1v) is 11.3. The highest BCUT2D eigenvalue weighted by Crippen LogP contribution is 2.33. The minimum Gasteiger partial charge on any atom is -0.378 e. The molecular formula is C23H28N2O3S. The van der Waals surface area contributed by atoms with E-state index in [-0.39, 0.29) is 17.7 Å². The van der Waals surface area contributed by atoms with E-state index >= 15 is 0 Å². The molecule has 1 aromatic carbocycles. The zero-order valence-corrected chi connectivity index (χ0v) is 17.7. The third-order valence-corrected chi connectivity index (χ3v) is 7.09. The van der Waals surface area contributed by atoms with E-state index in [1.807, 2.05) is 11.0 Å². The monoisotopic (exact) mass is 412 g/mol. The summed E-state index contributed by atoms with van der Waals surface area (Å²) in [5.74, 6) is 0.199. The van der Waals surface area contributed by atoms with Gasteiger partial charge in [0.15, 0.2) is 0 Å². The summed E-state index contributed by atoms with van der Waals surface area (Å²) in [6, 6.07) is 10.4. The molecule has 6 heteroatoms. The van der Waals surface area contributed by atoms with E-state index in [2.05, 4.69) is 36.5 Å². The normalized spacial score (nSPS) is 18.9. The topological polar surface area (TPSA) is 58.6 Å². The molecule has 2 heterocycles. The molecule has 1 N–H and O–H groups in total. The number of benzene rings is 1. The van der Waals surface area contributed by atoms with Gasteiger partial charge in [0.25, 0.3) is 5.91 Å². The zero-order chi connectivity index (χ0) is 20.2. The van der Waals surface area contributed by atoms with E-state index in [4.69, 9.17) is 4.74 Å². The van der Waals surface area contributed by atoms with Crippen molar-refractivity contribution in [1.82, 2.24) is 10.2 Å². The smallest absolute Gasteiger partial charge is 0.264 e. The number of ether oxygens (including phenoxy) is 1.